The van der Waals surface area contributed by atoms with Crippen LogP contribution in [0.4, 0.5) is 14.5 Å². The van der Waals surface area contributed by atoms with Crippen molar-refractivity contribution in [2.24, 2.45) is 0 Å². The fourth-order valence-electron chi connectivity index (χ4n) is 2.61. The van der Waals surface area contributed by atoms with Crippen molar-refractivity contribution < 1.29 is 13.6 Å². The number of rotatable bonds is 4. The first-order valence-corrected chi connectivity index (χ1v) is 9.22. The average Bonchev–Trinajstić information content (AvgIpc) is 3.21. The summed E-state index contributed by atoms with van der Waals surface area (Å²) in [5, 5.41) is 5.40. The zero-order chi connectivity index (χ0) is 19.5. The number of anilines is 1. The fourth-order valence-corrected chi connectivity index (χ4v) is 3.41. The molecule has 0 aliphatic rings. The lowest BCUT2D eigenvalue weighted by Gasteiger charge is -2.07. The van der Waals surface area contributed by atoms with Crippen LogP contribution in [-0.2, 0) is 0 Å². The van der Waals surface area contributed by atoms with E-state index in [4.69, 9.17) is 0 Å². The van der Waals surface area contributed by atoms with Crippen LogP contribution in [0.5, 0.6) is 0 Å². The fraction of sp³-hybridized carbons (Fsp3) is 0. The molecule has 0 fully saturated rings. The van der Waals surface area contributed by atoms with Crippen LogP contribution in [0.15, 0.2) is 72.2 Å². The van der Waals surface area contributed by atoms with Gasteiger partial charge in [0.2, 0.25) is 0 Å². The van der Waals surface area contributed by atoms with Gasteiger partial charge < -0.3 is 5.32 Å². The number of nitrogens with one attached hydrogen (secondary N) is 1. The maximum Gasteiger partial charge on any atom is 0.255 e. The molecule has 0 spiro atoms. The Bertz CT molecular complexity index is 1150. The largest absolute Gasteiger partial charge is 0.322 e. The first-order chi connectivity index (χ1) is 13.6. The lowest BCUT2D eigenvalue weighted by molar-refractivity contribution is 0.102. The topological polar surface area (TPSA) is 54.9 Å². The zero-order valence-electron chi connectivity index (χ0n) is 14.4. The lowest BCUT2D eigenvalue weighted by Crippen LogP contribution is -2.12. The van der Waals surface area contributed by atoms with Gasteiger partial charge in [-0.15, -0.1) is 11.3 Å². The van der Waals surface area contributed by atoms with Crippen molar-refractivity contribution in [1.29, 1.82) is 0 Å². The summed E-state index contributed by atoms with van der Waals surface area (Å²) in [6, 6.07) is 15.8. The highest BCUT2D eigenvalue weighted by atomic mass is 32.1. The molecule has 0 aliphatic carbocycles. The van der Waals surface area contributed by atoms with Gasteiger partial charge in [0.15, 0.2) is 11.6 Å². The van der Waals surface area contributed by atoms with Crippen molar-refractivity contribution in [3.63, 3.8) is 0 Å². The summed E-state index contributed by atoms with van der Waals surface area (Å²) < 4.78 is 26.4. The third-order valence-corrected chi connectivity index (χ3v) is 4.85. The van der Waals surface area contributed by atoms with Crippen molar-refractivity contribution in [1.82, 2.24) is 9.97 Å². The van der Waals surface area contributed by atoms with Crippen molar-refractivity contribution in [2.45, 2.75) is 0 Å². The number of amides is 1. The minimum atomic E-state index is -1.06. The molecule has 4 nitrogen and oxygen atoms in total. The minimum Gasteiger partial charge on any atom is -0.322 e. The lowest BCUT2D eigenvalue weighted by atomic mass is 10.1. The summed E-state index contributed by atoms with van der Waals surface area (Å²) in [5.74, 6) is -2.58. The summed E-state index contributed by atoms with van der Waals surface area (Å²) >= 11 is 1.48. The molecule has 4 rings (SSSR count). The van der Waals surface area contributed by atoms with Gasteiger partial charge >= 0.3 is 0 Å². The predicted octanol–water partition coefficient (Wildman–Crippen LogP) is 5.40. The van der Waals surface area contributed by atoms with Gasteiger partial charge in [-0.05, 0) is 42.5 Å². The van der Waals surface area contributed by atoms with E-state index in [-0.39, 0.29) is 5.56 Å². The van der Waals surface area contributed by atoms with Gasteiger partial charge in [-0.2, -0.15) is 0 Å². The third-order valence-electron chi connectivity index (χ3n) is 3.99. The van der Waals surface area contributed by atoms with Gasteiger partial charge in [0.1, 0.15) is 5.01 Å². The quantitative estimate of drug-likeness (QED) is 0.505. The van der Waals surface area contributed by atoms with Crippen LogP contribution in [0.3, 0.4) is 0 Å². The molecule has 28 heavy (non-hydrogen) atoms. The smallest absolute Gasteiger partial charge is 0.255 e. The highest BCUT2D eigenvalue weighted by molar-refractivity contribution is 7.13. The Morgan fingerprint density at radius 2 is 1.82 bits per heavy atom. The first-order valence-electron chi connectivity index (χ1n) is 8.34. The van der Waals surface area contributed by atoms with Crippen LogP contribution >= 0.6 is 11.3 Å². The van der Waals surface area contributed by atoms with Crippen LogP contribution in [-0.4, -0.2) is 15.9 Å². The summed E-state index contributed by atoms with van der Waals surface area (Å²) in [6.07, 6.45) is 1.71. The first kappa shape index (κ1) is 17.9. The van der Waals surface area contributed by atoms with Crippen molar-refractivity contribution >= 4 is 22.9 Å². The van der Waals surface area contributed by atoms with Crippen molar-refractivity contribution in [3.8, 4) is 22.0 Å². The Hall–Kier alpha value is -3.45. The maximum atomic E-state index is 13.3. The number of hydrogen-bond donors (Lipinski definition) is 1. The molecule has 7 heteroatoms. The third kappa shape index (κ3) is 3.79. The number of hydrogen-bond acceptors (Lipinski definition) is 4. The Morgan fingerprint density at radius 3 is 2.61 bits per heavy atom. The summed E-state index contributed by atoms with van der Waals surface area (Å²) in [4.78, 5) is 21.2. The number of benzene rings is 2. The highest BCUT2D eigenvalue weighted by Gasteiger charge is 2.12. The van der Waals surface area contributed by atoms with E-state index in [2.05, 4.69) is 15.3 Å². The number of nitrogens with zero attached hydrogens (tertiary/aromatic N) is 2. The number of halogens is 2. The van der Waals surface area contributed by atoms with E-state index < -0.39 is 17.5 Å². The molecule has 1 amide bonds. The Kier molecular flexibility index (Phi) is 4.90. The predicted molar refractivity (Wildman–Crippen MR) is 105 cm³/mol. The number of aromatic nitrogens is 2. The number of carbonyl (C=O) groups excluding carboxylic acids is 1. The van der Waals surface area contributed by atoms with Crippen molar-refractivity contribution in [2.75, 3.05) is 5.32 Å². The molecule has 0 saturated heterocycles. The second-order valence-electron chi connectivity index (χ2n) is 5.92. The average molecular weight is 393 g/mol. The second-order valence-corrected chi connectivity index (χ2v) is 6.77. The molecule has 0 aliphatic heterocycles. The van der Waals surface area contributed by atoms with E-state index in [1.807, 2.05) is 29.6 Å². The Morgan fingerprint density at radius 1 is 0.929 bits per heavy atom. The molecule has 2 aromatic carbocycles. The molecular formula is C21H13F2N3OS. The molecule has 2 aromatic heterocycles. The molecule has 4 aromatic rings. The zero-order valence-corrected chi connectivity index (χ0v) is 15.2. The van der Waals surface area contributed by atoms with Gasteiger partial charge in [0.05, 0.1) is 11.4 Å². The molecule has 138 valence electrons. The normalized spacial score (nSPS) is 10.6. The summed E-state index contributed by atoms with van der Waals surface area (Å²) in [6.45, 7) is 0. The second kappa shape index (κ2) is 7.66. The van der Waals surface area contributed by atoms with Gasteiger partial charge in [0.25, 0.3) is 5.91 Å². The minimum absolute atomic E-state index is 0.0374. The van der Waals surface area contributed by atoms with E-state index in [0.29, 0.717) is 5.69 Å². The van der Waals surface area contributed by atoms with Crippen LogP contribution < -0.4 is 5.32 Å². The van der Waals surface area contributed by atoms with Gasteiger partial charge in [-0.25, -0.2) is 13.8 Å². The Labute approximate surface area is 163 Å². The molecule has 0 radical (unpaired) electrons. The Balaban J connectivity index is 1.56. The summed E-state index contributed by atoms with van der Waals surface area (Å²) in [5.41, 5.74) is 2.94. The monoisotopic (exact) mass is 393 g/mol. The highest BCUT2D eigenvalue weighted by Crippen LogP contribution is 2.29. The molecule has 0 bridgehead atoms. The van der Waals surface area contributed by atoms with Gasteiger partial charge in [0, 0.05) is 28.4 Å². The van der Waals surface area contributed by atoms with E-state index in [1.165, 1.54) is 17.4 Å². The van der Waals surface area contributed by atoms with E-state index in [1.54, 1.807) is 24.4 Å². The number of pyridine rings is 1. The van der Waals surface area contributed by atoms with Gasteiger partial charge in [-0.1, -0.05) is 18.2 Å². The summed E-state index contributed by atoms with van der Waals surface area (Å²) in [7, 11) is 0. The van der Waals surface area contributed by atoms with Crippen LogP contribution in [0.2, 0.25) is 0 Å². The maximum absolute atomic E-state index is 13.3. The van der Waals surface area contributed by atoms with Crippen LogP contribution in [0, 0.1) is 11.6 Å². The molecule has 0 saturated carbocycles. The van der Waals surface area contributed by atoms with E-state index >= 15 is 0 Å². The number of carbonyl (C=O) groups is 1. The van der Waals surface area contributed by atoms with E-state index in [9.17, 15) is 13.6 Å². The SMILES string of the molecule is O=C(Nc1cccc(-c2csc(-c3ccccn3)n2)c1)c1ccc(F)c(F)c1. The van der Waals surface area contributed by atoms with Gasteiger partial charge in [-0.3, -0.25) is 9.78 Å². The molecule has 0 atom stereocenters. The van der Waals surface area contributed by atoms with Crippen molar-refractivity contribution in [3.05, 3.63) is 89.4 Å². The molecule has 0 unspecified atom stereocenters. The van der Waals surface area contributed by atoms with E-state index in [0.717, 1.165) is 34.1 Å². The van der Waals surface area contributed by atoms with Crippen LogP contribution in [0.25, 0.3) is 22.0 Å². The number of thiazole rings is 1. The molecule has 2 heterocycles. The standard InChI is InChI=1S/C21H13F2N3OS/c22-16-8-7-14(11-17(16)23)20(27)25-15-5-3-4-13(10-15)19-12-28-21(26-19)18-6-1-2-9-24-18/h1-12H,(H,25,27). The molecular weight excluding hydrogens is 380 g/mol. The van der Waals surface area contributed by atoms with Crippen LogP contribution in [0.1, 0.15) is 10.4 Å². The molecule has 1 N–H and O–H groups in total.